The van der Waals surface area contributed by atoms with Crippen LogP contribution in [0.4, 0.5) is 0 Å². The zero-order chi connectivity index (χ0) is 17.3. The van der Waals surface area contributed by atoms with Crippen molar-refractivity contribution in [1.82, 2.24) is 5.06 Å². The molecule has 1 saturated heterocycles. The number of piperidine rings is 1. The largest absolute Gasteiger partial charge is 0.349 e. The number of rotatable bonds is 6. The van der Waals surface area contributed by atoms with E-state index in [2.05, 4.69) is 34.6 Å². The van der Waals surface area contributed by atoms with E-state index >= 15 is 0 Å². The van der Waals surface area contributed by atoms with Gasteiger partial charge in [-0.15, -0.1) is 10.3 Å². The van der Waals surface area contributed by atoms with Crippen LogP contribution >= 0.6 is 0 Å². The van der Waals surface area contributed by atoms with Crippen molar-refractivity contribution in [2.45, 2.75) is 85.6 Å². The molecule has 1 fully saturated rings. The molecule has 0 saturated carbocycles. The van der Waals surface area contributed by atoms with Crippen LogP contribution in [0.3, 0.4) is 0 Å². The molecule has 0 bridgehead atoms. The Balaban J connectivity index is 3.15. The maximum atomic E-state index is 12.7. The summed E-state index contributed by atoms with van der Waals surface area (Å²) >= 11 is 0. The van der Waals surface area contributed by atoms with Gasteiger partial charge in [0.05, 0.1) is 18.8 Å². The topological polar surface area (TPSA) is 41.6 Å². The fourth-order valence-corrected chi connectivity index (χ4v) is 3.33. The van der Waals surface area contributed by atoms with Gasteiger partial charge in [-0.3, -0.25) is 0 Å². The van der Waals surface area contributed by atoms with E-state index in [-0.39, 0.29) is 5.92 Å². The normalized spacial score (nSPS) is 27.5. The average Bonchev–Trinajstić information content (AvgIpc) is 2.38. The predicted molar refractivity (Wildman–Crippen MR) is 88.8 cm³/mol. The van der Waals surface area contributed by atoms with E-state index in [9.17, 15) is 5.21 Å². The van der Waals surface area contributed by atoms with Crippen molar-refractivity contribution >= 4 is 0 Å². The summed E-state index contributed by atoms with van der Waals surface area (Å²) in [6.07, 6.45) is 0.591. The lowest BCUT2D eigenvalue weighted by atomic mass is 9.70. The number of hydrogen-bond donors (Lipinski definition) is 0. The maximum absolute atomic E-state index is 12.7. The minimum Gasteiger partial charge on any atom is -0.349 e. The van der Waals surface area contributed by atoms with Crippen molar-refractivity contribution in [1.29, 1.82) is 0 Å². The summed E-state index contributed by atoms with van der Waals surface area (Å²) in [5.74, 6) is 0.164. The summed E-state index contributed by atoms with van der Waals surface area (Å²) in [6.45, 7) is 19.9. The lowest BCUT2D eigenvalue weighted by Crippen LogP contribution is -2.70. The highest BCUT2D eigenvalue weighted by Crippen LogP contribution is 2.49. The van der Waals surface area contributed by atoms with Crippen LogP contribution in [0.25, 0.3) is 0 Å². The Labute approximate surface area is 137 Å². The highest BCUT2D eigenvalue weighted by Gasteiger charge is 2.59. The van der Waals surface area contributed by atoms with Crippen LogP contribution in [-0.4, -0.2) is 35.1 Å². The average molecular weight is 314 g/mol. The van der Waals surface area contributed by atoms with Gasteiger partial charge in [-0.05, 0) is 39.5 Å². The van der Waals surface area contributed by atoms with E-state index in [0.29, 0.717) is 31.5 Å². The van der Waals surface area contributed by atoms with Crippen molar-refractivity contribution in [3.8, 4) is 0 Å². The van der Waals surface area contributed by atoms with E-state index in [0.717, 1.165) is 0 Å². The second-order valence-corrected chi connectivity index (χ2v) is 8.88. The van der Waals surface area contributed by atoms with Crippen LogP contribution in [0.15, 0.2) is 0 Å². The molecule has 0 aromatic rings. The molecule has 22 heavy (non-hydrogen) atoms. The molecule has 1 aliphatic rings. The van der Waals surface area contributed by atoms with E-state index < -0.39 is 16.9 Å². The molecule has 1 heterocycles. The monoisotopic (exact) mass is 314 g/mol. The third-order valence-electron chi connectivity index (χ3n) is 4.79. The fraction of sp³-hybridized carbons (Fsp3) is 1.00. The first-order chi connectivity index (χ1) is 9.85. The van der Waals surface area contributed by atoms with E-state index in [1.165, 1.54) is 5.06 Å². The van der Waals surface area contributed by atoms with Gasteiger partial charge in [0, 0.05) is 17.9 Å². The first-order valence-electron chi connectivity index (χ1n) is 8.60. The number of nitrogens with zero attached hydrogens (tertiary/aromatic N) is 1. The molecule has 1 radical (unpaired) electrons. The van der Waals surface area contributed by atoms with E-state index in [1.807, 2.05) is 27.7 Å². The Morgan fingerprint density at radius 3 is 1.77 bits per heavy atom. The van der Waals surface area contributed by atoms with Gasteiger partial charge in [-0.1, -0.05) is 34.6 Å². The Hall–Kier alpha value is -0.160. The lowest BCUT2D eigenvalue weighted by Gasteiger charge is -2.58. The van der Waals surface area contributed by atoms with Gasteiger partial charge in [-0.2, -0.15) is 0 Å². The molecule has 0 aromatic heterocycles. The highest BCUT2D eigenvalue weighted by atomic mass is 16.7. The maximum Gasteiger partial charge on any atom is 0.174 e. The third-order valence-corrected chi connectivity index (χ3v) is 4.79. The van der Waals surface area contributed by atoms with E-state index in [4.69, 9.17) is 9.47 Å². The SMILES string of the molecule is CC(C)COC1(OCC(C)C)CC(C)(C)N([O])C(C)(C)C1C. The summed E-state index contributed by atoms with van der Waals surface area (Å²) < 4.78 is 12.7. The molecule has 0 spiro atoms. The Kier molecular flexibility index (Phi) is 6.11. The van der Waals surface area contributed by atoms with Crippen LogP contribution in [0.5, 0.6) is 0 Å². The molecule has 1 aliphatic heterocycles. The summed E-state index contributed by atoms with van der Waals surface area (Å²) in [5, 5.41) is 14.0. The summed E-state index contributed by atoms with van der Waals surface area (Å²) in [4.78, 5) is 0. The van der Waals surface area contributed by atoms with Crippen LogP contribution < -0.4 is 0 Å². The van der Waals surface area contributed by atoms with Gasteiger partial charge in [0.1, 0.15) is 0 Å². The minimum absolute atomic E-state index is 0.0111. The van der Waals surface area contributed by atoms with Crippen LogP contribution in [-0.2, 0) is 14.7 Å². The minimum atomic E-state index is -0.692. The van der Waals surface area contributed by atoms with Gasteiger partial charge in [0.25, 0.3) is 0 Å². The highest BCUT2D eigenvalue weighted by molar-refractivity contribution is 5.05. The second kappa shape index (κ2) is 6.76. The van der Waals surface area contributed by atoms with Crippen LogP contribution in [0.1, 0.15) is 68.7 Å². The predicted octanol–water partition coefficient (Wildman–Crippen LogP) is 4.27. The zero-order valence-electron chi connectivity index (χ0n) is 16.0. The Bertz CT molecular complexity index is 351. The third kappa shape index (κ3) is 4.02. The van der Waals surface area contributed by atoms with Crippen molar-refractivity contribution in [3.05, 3.63) is 0 Å². The molecule has 1 unspecified atom stereocenters. The van der Waals surface area contributed by atoms with Gasteiger partial charge >= 0.3 is 0 Å². The van der Waals surface area contributed by atoms with Crippen LogP contribution in [0.2, 0.25) is 0 Å². The van der Waals surface area contributed by atoms with Crippen molar-refractivity contribution in [2.75, 3.05) is 13.2 Å². The molecule has 4 heteroatoms. The van der Waals surface area contributed by atoms with Crippen LogP contribution in [0, 0.1) is 17.8 Å². The molecule has 131 valence electrons. The first kappa shape index (κ1) is 19.9. The molecule has 0 amide bonds. The molecule has 4 nitrogen and oxygen atoms in total. The molecule has 1 atom stereocenters. The molecule has 0 aliphatic carbocycles. The standard InChI is InChI=1S/C18H36NO3/c1-13(2)10-21-18(22-11-14(3)4)12-16(6,7)19(20)17(8,9)15(18)5/h13-15H,10-12H2,1-9H3. The molecular formula is C18H36NO3. The quantitative estimate of drug-likeness (QED) is 0.687. The fourth-order valence-electron chi connectivity index (χ4n) is 3.33. The zero-order valence-corrected chi connectivity index (χ0v) is 16.0. The smallest absolute Gasteiger partial charge is 0.174 e. The van der Waals surface area contributed by atoms with Gasteiger partial charge < -0.3 is 9.47 Å². The molecular weight excluding hydrogens is 278 g/mol. The van der Waals surface area contributed by atoms with Gasteiger partial charge in [-0.25, -0.2) is 0 Å². The summed E-state index contributed by atoms with van der Waals surface area (Å²) in [6, 6.07) is 0. The second-order valence-electron chi connectivity index (χ2n) is 8.88. The summed E-state index contributed by atoms with van der Waals surface area (Å²) in [7, 11) is 0. The molecule has 0 N–H and O–H groups in total. The Morgan fingerprint density at radius 1 is 1.00 bits per heavy atom. The van der Waals surface area contributed by atoms with E-state index in [1.54, 1.807) is 0 Å². The van der Waals surface area contributed by atoms with Crippen molar-refractivity contribution in [2.24, 2.45) is 17.8 Å². The van der Waals surface area contributed by atoms with Gasteiger partial charge in [0.2, 0.25) is 0 Å². The van der Waals surface area contributed by atoms with Crippen molar-refractivity contribution in [3.63, 3.8) is 0 Å². The lowest BCUT2D eigenvalue weighted by molar-refractivity contribution is -0.387. The molecule has 1 rings (SSSR count). The van der Waals surface area contributed by atoms with Crippen molar-refractivity contribution < 1.29 is 14.7 Å². The Morgan fingerprint density at radius 2 is 1.41 bits per heavy atom. The molecule has 0 aromatic carbocycles. The number of ether oxygens (including phenoxy) is 2. The summed E-state index contributed by atoms with van der Waals surface area (Å²) in [5.41, 5.74) is -1.04. The number of hydrogen-bond acceptors (Lipinski definition) is 3. The van der Waals surface area contributed by atoms with Gasteiger partial charge in [0.15, 0.2) is 5.79 Å². The first-order valence-corrected chi connectivity index (χ1v) is 8.60. The number of hydroxylamine groups is 2.